The largest absolute Gasteiger partial charge is 0.481 e. The molecule has 19 nitrogen and oxygen atoms in total. The number of non-ortho nitro benzene ring substituents is 1. The van der Waals surface area contributed by atoms with Crippen molar-refractivity contribution in [2.45, 2.75) is 90.0 Å². The maximum atomic E-state index is 14.2. The van der Waals surface area contributed by atoms with Gasteiger partial charge in [-0.15, -0.1) is 0 Å². The molecule has 57 heavy (non-hydrogen) atoms. The minimum atomic E-state index is -1.40. The van der Waals surface area contributed by atoms with Crippen LogP contribution in [0.25, 0.3) is 0 Å². The van der Waals surface area contributed by atoms with Crippen molar-refractivity contribution in [3.63, 3.8) is 0 Å². The quantitative estimate of drug-likeness (QED) is 0.0293. The first kappa shape index (κ1) is 45.3. The Bertz CT molecular complexity index is 1740. The second kappa shape index (κ2) is 22.4. The molecule has 1 fully saturated rings. The van der Waals surface area contributed by atoms with Crippen LogP contribution in [0.1, 0.15) is 76.1 Å². The molecule has 2 unspecified atom stereocenters. The van der Waals surface area contributed by atoms with Crippen molar-refractivity contribution in [3.8, 4) is 0 Å². The monoisotopic (exact) mass is 794 g/mol. The number of carbonyl (C=O) groups excluding carboxylic acids is 5. The van der Waals surface area contributed by atoms with Crippen LogP contribution in [0.4, 0.5) is 11.4 Å². The van der Waals surface area contributed by atoms with Crippen LogP contribution in [-0.4, -0.2) is 100 Å². The number of nitro groups is 1. The Hall–Kier alpha value is -6.11. The van der Waals surface area contributed by atoms with Crippen molar-refractivity contribution in [3.05, 3.63) is 70.3 Å². The molecule has 0 saturated carbocycles. The Morgan fingerprint density at radius 1 is 1.00 bits per heavy atom. The Kier molecular flexibility index (Phi) is 17.8. The third kappa shape index (κ3) is 14.5. The number of aliphatic imine (C=N–C) groups is 1. The van der Waals surface area contributed by atoms with Crippen LogP contribution in [0, 0.1) is 22.0 Å². The summed E-state index contributed by atoms with van der Waals surface area (Å²) in [5.41, 5.74) is 11.4. The van der Waals surface area contributed by atoms with Gasteiger partial charge in [-0.2, -0.15) is 0 Å². The van der Waals surface area contributed by atoms with E-state index in [1.165, 1.54) is 29.2 Å². The number of anilines is 1. The molecule has 2 aromatic carbocycles. The first-order chi connectivity index (χ1) is 27.1. The van der Waals surface area contributed by atoms with E-state index in [2.05, 4.69) is 31.6 Å². The summed E-state index contributed by atoms with van der Waals surface area (Å²) in [4.78, 5) is 96.1. The topological polar surface area (TPSA) is 294 Å². The van der Waals surface area contributed by atoms with Crippen LogP contribution in [0.15, 0.2) is 59.6 Å². The standard InChI is InChI=1S/C38H54N10O9/c1-4-24(3)33(46-34(52)25-9-6-5-7-10-25)37(55)45-28(16-17-32(50)51)35(53)43-22-31(49)47(30-21-23(2)18-20-41-30)29(11-8-19-42-38(39)40)36(54)44-26-12-14-27(15-13-26)48(56)57/h5-7,9-10,12-15,23-24,28-30,33,41H,4,8,11,16-22H2,1-3H3,(H,43,53)(H,44,54)(H,45,55)(H,46,52)(H,50,51)(H4,39,40,42)/t23?,24-,28-,29-,30?,33-/m0/s1. The van der Waals surface area contributed by atoms with Gasteiger partial charge in [0.1, 0.15) is 18.1 Å². The number of nitro benzene ring substituents is 1. The highest BCUT2D eigenvalue weighted by Crippen LogP contribution is 2.24. The van der Waals surface area contributed by atoms with Crippen LogP contribution in [0.5, 0.6) is 0 Å². The predicted molar refractivity (Wildman–Crippen MR) is 211 cm³/mol. The van der Waals surface area contributed by atoms with Gasteiger partial charge in [-0.05, 0) is 74.8 Å². The normalized spacial score (nSPS) is 17.0. The van der Waals surface area contributed by atoms with Gasteiger partial charge in [-0.3, -0.25) is 49.2 Å². The molecule has 1 heterocycles. The molecule has 1 saturated heterocycles. The van der Waals surface area contributed by atoms with Crippen molar-refractivity contribution in [2.75, 3.05) is 25.0 Å². The molecule has 1 aliphatic heterocycles. The number of carboxylic acid groups (broad SMARTS) is 1. The Morgan fingerprint density at radius 2 is 1.68 bits per heavy atom. The van der Waals surface area contributed by atoms with Crippen molar-refractivity contribution in [1.82, 2.24) is 26.2 Å². The van der Waals surface area contributed by atoms with Crippen LogP contribution < -0.4 is 38.1 Å². The average molecular weight is 795 g/mol. The van der Waals surface area contributed by atoms with E-state index in [-0.39, 0.29) is 55.0 Å². The van der Waals surface area contributed by atoms with Crippen LogP contribution in [-0.2, 0) is 24.0 Å². The molecule has 3 rings (SSSR count). The molecule has 6 atom stereocenters. The van der Waals surface area contributed by atoms with E-state index in [1.54, 1.807) is 37.3 Å². The summed E-state index contributed by atoms with van der Waals surface area (Å²) >= 11 is 0. The molecule has 1 aliphatic rings. The number of aliphatic carboxylic acids is 1. The van der Waals surface area contributed by atoms with Gasteiger partial charge >= 0.3 is 5.97 Å². The zero-order valence-electron chi connectivity index (χ0n) is 32.4. The summed E-state index contributed by atoms with van der Waals surface area (Å²) < 4.78 is 0. The summed E-state index contributed by atoms with van der Waals surface area (Å²) in [5.74, 6) is -4.91. The van der Waals surface area contributed by atoms with Gasteiger partial charge in [-0.1, -0.05) is 45.4 Å². The number of nitrogens with two attached hydrogens (primary N) is 2. The van der Waals surface area contributed by atoms with Crippen molar-refractivity contribution >= 4 is 52.8 Å². The smallest absolute Gasteiger partial charge is 0.303 e. The SMILES string of the molecule is CC[C@H](C)[C@H](NC(=O)c1ccccc1)C(=O)N[C@@H](CCC(=O)O)C(=O)NCC(=O)N(C1CC(C)CCN1)[C@@H](CCCN=C(N)N)C(=O)Nc1ccc([N+](=O)[O-])cc1. The lowest BCUT2D eigenvalue weighted by Gasteiger charge is -2.41. The molecular weight excluding hydrogens is 740 g/mol. The highest BCUT2D eigenvalue weighted by molar-refractivity contribution is 6.00. The number of rotatable bonds is 21. The van der Waals surface area contributed by atoms with Gasteiger partial charge in [0.05, 0.1) is 17.6 Å². The molecule has 2 aromatic rings. The summed E-state index contributed by atoms with van der Waals surface area (Å²) in [6, 6.07) is 9.84. The van der Waals surface area contributed by atoms with Crippen molar-refractivity contribution in [1.29, 1.82) is 0 Å². The lowest BCUT2D eigenvalue weighted by atomic mass is 9.95. The van der Waals surface area contributed by atoms with E-state index in [0.29, 0.717) is 24.9 Å². The number of hydrogen-bond donors (Lipinski definition) is 8. The number of benzene rings is 2. The molecule has 10 N–H and O–H groups in total. The van der Waals surface area contributed by atoms with E-state index >= 15 is 0 Å². The molecule has 0 spiro atoms. The Balaban J connectivity index is 1.87. The average Bonchev–Trinajstić information content (AvgIpc) is 3.18. The Labute approximate surface area is 330 Å². The third-order valence-electron chi connectivity index (χ3n) is 9.69. The predicted octanol–water partition coefficient (Wildman–Crippen LogP) is 1.44. The number of carbonyl (C=O) groups is 6. The fourth-order valence-electron chi connectivity index (χ4n) is 6.33. The van der Waals surface area contributed by atoms with Crippen LogP contribution in [0.3, 0.4) is 0 Å². The summed E-state index contributed by atoms with van der Waals surface area (Å²) in [7, 11) is 0. The number of amides is 5. The van der Waals surface area contributed by atoms with E-state index in [4.69, 9.17) is 11.5 Å². The molecule has 0 aliphatic carbocycles. The van der Waals surface area contributed by atoms with Gasteiger partial charge in [-0.25, -0.2) is 0 Å². The second-order valence-electron chi connectivity index (χ2n) is 14.1. The molecule has 19 heteroatoms. The molecule has 0 bridgehead atoms. The number of hydrogen-bond acceptors (Lipinski definition) is 10. The van der Waals surface area contributed by atoms with Gasteiger partial charge in [0.15, 0.2) is 5.96 Å². The van der Waals surface area contributed by atoms with E-state index in [0.717, 1.165) is 6.42 Å². The zero-order chi connectivity index (χ0) is 42.1. The lowest BCUT2D eigenvalue weighted by Crippen LogP contribution is -2.61. The summed E-state index contributed by atoms with van der Waals surface area (Å²) in [6.45, 7) is 5.64. The third-order valence-corrected chi connectivity index (χ3v) is 9.69. The highest BCUT2D eigenvalue weighted by Gasteiger charge is 2.38. The maximum absolute atomic E-state index is 14.2. The van der Waals surface area contributed by atoms with Crippen LogP contribution in [0.2, 0.25) is 0 Å². The van der Waals surface area contributed by atoms with Gasteiger partial charge in [0.2, 0.25) is 23.6 Å². The zero-order valence-corrected chi connectivity index (χ0v) is 32.4. The number of guanidine groups is 1. The molecule has 0 radical (unpaired) electrons. The van der Waals surface area contributed by atoms with Gasteiger partial charge in [0, 0.05) is 36.3 Å². The maximum Gasteiger partial charge on any atom is 0.303 e. The minimum absolute atomic E-state index is 0.0881. The van der Waals surface area contributed by atoms with E-state index in [1.807, 2.05) is 13.8 Å². The first-order valence-corrected chi connectivity index (χ1v) is 18.9. The lowest BCUT2D eigenvalue weighted by molar-refractivity contribution is -0.384. The number of nitrogens with one attached hydrogen (secondary N) is 5. The van der Waals surface area contributed by atoms with Gasteiger partial charge in [0.25, 0.3) is 11.6 Å². The van der Waals surface area contributed by atoms with Crippen molar-refractivity contribution < 1.29 is 38.8 Å². The fraction of sp³-hybridized carbons (Fsp3) is 0.500. The summed E-state index contributed by atoms with van der Waals surface area (Å²) in [5, 5.41) is 34.5. The van der Waals surface area contributed by atoms with E-state index < -0.39 is 77.7 Å². The first-order valence-electron chi connectivity index (χ1n) is 18.9. The Morgan fingerprint density at radius 3 is 2.28 bits per heavy atom. The number of carboxylic acids is 1. The van der Waals surface area contributed by atoms with Crippen molar-refractivity contribution in [2.24, 2.45) is 28.3 Å². The van der Waals surface area contributed by atoms with E-state index in [9.17, 15) is 44.0 Å². The molecule has 310 valence electrons. The molecule has 5 amide bonds. The number of piperidine rings is 1. The fourth-order valence-corrected chi connectivity index (χ4v) is 6.33. The molecular formula is C38H54N10O9. The minimum Gasteiger partial charge on any atom is -0.481 e. The van der Waals surface area contributed by atoms with Gasteiger partial charge < -0.3 is 42.7 Å². The second-order valence-corrected chi connectivity index (χ2v) is 14.1. The highest BCUT2D eigenvalue weighted by atomic mass is 16.6. The van der Waals surface area contributed by atoms with Crippen LogP contribution >= 0.6 is 0 Å². The summed E-state index contributed by atoms with van der Waals surface area (Å²) in [6.07, 6.45) is 0.681. The molecule has 0 aromatic heterocycles. The number of nitrogens with zero attached hydrogens (tertiary/aromatic N) is 3.